The number of nitrogens with zero attached hydrogens (tertiary/aromatic N) is 2. The molecule has 0 fully saturated rings. The number of anilines is 1. The van der Waals surface area contributed by atoms with Gasteiger partial charge in [-0.2, -0.15) is 0 Å². The number of rotatable bonds is 6. The molecule has 6 heteroatoms. The summed E-state index contributed by atoms with van der Waals surface area (Å²) in [7, 11) is 0. The van der Waals surface area contributed by atoms with Gasteiger partial charge in [-0.1, -0.05) is 54.6 Å². The Morgan fingerprint density at radius 2 is 1.71 bits per heavy atom. The van der Waals surface area contributed by atoms with Crippen LogP contribution in [0.15, 0.2) is 102 Å². The van der Waals surface area contributed by atoms with Gasteiger partial charge in [0.05, 0.1) is 29.3 Å². The number of ether oxygens (including phenoxy) is 1. The molecular weight excluding hydrogens is 438 g/mol. The molecular formula is C29H23N3O3. The molecule has 1 N–H and O–H groups in total. The van der Waals surface area contributed by atoms with Crippen molar-refractivity contribution in [3.8, 4) is 11.3 Å². The second-order valence-electron chi connectivity index (χ2n) is 8.07. The zero-order valence-corrected chi connectivity index (χ0v) is 19.1. The van der Waals surface area contributed by atoms with Gasteiger partial charge in [0.1, 0.15) is 5.92 Å². The third-order valence-electron chi connectivity index (χ3n) is 5.82. The predicted molar refractivity (Wildman–Crippen MR) is 136 cm³/mol. The Morgan fingerprint density at radius 1 is 0.943 bits per heavy atom. The summed E-state index contributed by atoms with van der Waals surface area (Å²) in [6.45, 7) is 2.05. The number of esters is 1. The van der Waals surface area contributed by atoms with E-state index < -0.39 is 11.9 Å². The van der Waals surface area contributed by atoms with E-state index in [0.717, 1.165) is 28.1 Å². The first kappa shape index (κ1) is 22.2. The second kappa shape index (κ2) is 9.73. The average molecular weight is 462 g/mol. The Balaban J connectivity index is 1.55. The highest BCUT2D eigenvalue weighted by molar-refractivity contribution is 6.24. The molecule has 1 aliphatic rings. The van der Waals surface area contributed by atoms with E-state index in [9.17, 15) is 9.59 Å². The van der Waals surface area contributed by atoms with Crippen molar-refractivity contribution >= 4 is 29.0 Å². The third-order valence-corrected chi connectivity index (χ3v) is 5.82. The summed E-state index contributed by atoms with van der Waals surface area (Å²) in [6.07, 6.45) is 1.76. The number of carbonyl (C=O) groups is 2. The number of pyridine rings is 1. The van der Waals surface area contributed by atoms with Crippen LogP contribution in [0, 0.1) is 0 Å². The summed E-state index contributed by atoms with van der Waals surface area (Å²) in [5.41, 5.74) is 5.85. The van der Waals surface area contributed by atoms with Gasteiger partial charge in [-0.3, -0.25) is 14.8 Å². The minimum Gasteiger partial charge on any atom is -0.462 e. The molecule has 0 radical (unpaired) electrons. The molecule has 4 aromatic rings. The zero-order chi connectivity index (χ0) is 24.2. The highest BCUT2D eigenvalue weighted by Crippen LogP contribution is 2.37. The molecule has 0 aliphatic carbocycles. The maximum Gasteiger partial charge on any atom is 0.338 e. The molecule has 5 rings (SSSR count). The molecule has 0 bridgehead atoms. The van der Waals surface area contributed by atoms with Crippen LogP contribution in [0.25, 0.3) is 11.3 Å². The van der Waals surface area contributed by atoms with Gasteiger partial charge in [-0.15, -0.1) is 0 Å². The predicted octanol–water partition coefficient (Wildman–Crippen LogP) is 5.78. The van der Waals surface area contributed by atoms with E-state index in [1.807, 2.05) is 72.8 Å². The quantitative estimate of drug-likeness (QED) is 0.291. The van der Waals surface area contributed by atoms with Gasteiger partial charge < -0.3 is 10.1 Å². The minimum absolute atomic E-state index is 0.186. The van der Waals surface area contributed by atoms with Gasteiger partial charge >= 0.3 is 5.97 Å². The Hall–Kier alpha value is -4.58. The lowest BCUT2D eigenvalue weighted by molar-refractivity contribution is -0.115. The molecule has 0 saturated heterocycles. The van der Waals surface area contributed by atoms with E-state index in [4.69, 9.17) is 9.73 Å². The Labute approximate surface area is 203 Å². The van der Waals surface area contributed by atoms with Crippen molar-refractivity contribution in [3.63, 3.8) is 0 Å². The molecule has 0 spiro atoms. The van der Waals surface area contributed by atoms with Crippen LogP contribution < -0.4 is 5.32 Å². The summed E-state index contributed by atoms with van der Waals surface area (Å²) >= 11 is 0. The maximum absolute atomic E-state index is 13.2. The number of hydrogen-bond donors (Lipinski definition) is 1. The molecule has 6 nitrogen and oxygen atoms in total. The number of aromatic nitrogens is 1. The molecule has 0 saturated carbocycles. The molecule has 2 heterocycles. The first-order valence-corrected chi connectivity index (χ1v) is 11.4. The van der Waals surface area contributed by atoms with Crippen molar-refractivity contribution in [2.45, 2.75) is 12.8 Å². The lowest BCUT2D eigenvalue weighted by Gasteiger charge is -2.14. The number of fused-ring (bicyclic) bond motifs is 1. The summed E-state index contributed by atoms with van der Waals surface area (Å²) < 4.78 is 5.10. The molecule has 1 aromatic heterocycles. The van der Waals surface area contributed by atoms with Gasteiger partial charge in [-0.25, -0.2) is 4.79 Å². The Morgan fingerprint density at radius 3 is 2.43 bits per heavy atom. The van der Waals surface area contributed by atoms with E-state index in [-0.39, 0.29) is 12.5 Å². The molecule has 1 unspecified atom stereocenters. The SMILES string of the molecule is CCOC(=O)c1ccc2c(c1)NC(=O)C2C(=Nc1ccc(-c2ccccn2)cc1)c1ccccc1. The second-order valence-corrected chi connectivity index (χ2v) is 8.07. The van der Waals surface area contributed by atoms with Crippen LogP contribution >= 0.6 is 0 Å². The van der Waals surface area contributed by atoms with E-state index in [1.54, 1.807) is 31.3 Å². The number of aliphatic imine (C=N–C) groups is 1. The third kappa shape index (κ3) is 4.59. The van der Waals surface area contributed by atoms with E-state index in [0.29, 0.717) is 17.0 Å². The lowest BCUT2D eigenvalue weighted by Crippen LogP contribution is -2.21. The normalized spacial score (nSPS) is 14.8. The van der Waals surface area contributed by atoms with E-state index in [2.05, 4.69) is 10.3 Å². The number of benzene rings is 3. The molecule has 1 amide bonds. The first-order chi connectivity index (χ1) is 17.1. The summed E-state index contributed by atoms with van der Waals surface area (Å²) in [5.74, 6) is -1.22. The average Bonchev–Trinajstić information content (AvgIpc) is 3.23. The fraction of sp³-hybridized carbons (Fsp3) is 0.103. The first-order valence-electron chi connectivity index (χ1n) is 11.4. The van der Waals surface area contributed by atoms with Gasteiger partial charge in [0, 0.05) is 17.4 Å². The van der Waals surface area contributed by atoms with E-state index >= 15 is 0 Å². The fourth-order valence-corrected chi connectivity index (χ4v) is 4.16. The molecule has 1 atom stereocenters. The lowest BCUT2D eigenvalue weighted by atomic mass is 9.90. The van der Waals surface area contributed by atoms with Crippen LogP contribution in [0.2, 0.25) is 0 Å². The smallest absolute Gasteiger partial charge is 0.338 e. The van der Waals surface area contributed by atoms with Crippen LogP contribution in [0.3, 0.4) is 0 Å². The molecule has 1 aliphatic heterocycles. The number of nitrogens with one attached hydrogen (secondary N) is 1. The minimum atomic E-state index is -0.612. The van der Waals surface area contributed by atoms with E-state index in [1.165, 1.54) is 0 Å². The van der Waals surface area contributed by atoms with Crippen molar-refractivity contribution in [1.29, 1.82) is 0 Å². The molecule has 172 valence electrons. The summed E-state index contributed by atoms with van der Waals surface area (Å²) in [6, 6.07) is 28.4. The largest absolute Gasteiger partial charge is 0.462 e. The monoisotopic (exact) mass is 461 g/mol. The highest BCUT2D eigenvalue weighted by Gasteiger charge is 2.36. The number of carbonyl (C=O) groups excluding carboxylic acids is 2. The highest BCUT2D eigenvalue weighted by atomic mass is 16.5. The topological polar surface area (TPSA) is 80.6 Å². The van der Waals surface area contributed by atoms with Crippen LogP contribution in [0.1, 0.15) is 34.3 Å². The van der Waals surface area contributed by atoms with Crippen molar-refractivity contribution < 1.29 is 14.3 Å². The standard InChI is InChI=1S/C29H23N3O3/c1-2-35-29(34)21-13-16-23-25(18-21)32-28(33)26(23)27(20-8-4-3-5-9-20)31-22-14-11-19(12-15-22)24-10-6-7-17-30-24/h3-18,26H,2H2,1H3,(H,32,33). The van der Waals surface area contributed by atoms with Crippen LogP contribution in [-0.2, 0) is 9.53 Å². The molecule has 3 aromatic carbocycles. The zero-order valence-electron chi connectivity index (χ0n) is 19.1. The summed E-state index contributed by atoms with van der Waals surface area (Å²) in [4.78, 5) is 34.7. The van der Waals surface area contributed by atoms with Crippen molar-refractivity contribution in [2.75, 3.05) is 11.9 Å². The Kier molecular flexibility index (Phi) is 6.18. The van der Waals surface area contributed by atoms with Crippen molar-refractivity contribution in [1.82, 2.24) is 4.98 Å². The maximum atomic E-state index is 13.2. The van der Waals surface area contributed by atoms with Crippen LogP contribution in [0.4, 0.5) is 11.4 Å². The summed E-state index contributed by atoms with van der Waals surface area (Å²) in [5, 5.41) is 2.92. The van der Waals surface area contributed by atoms with Crippen molar-refractivity contribution in [3.05, 3.63) is 114 Å². The molecule has 35 heavy (non-hydrogen) atoms. The Bertz CT molecular complexity index is 1400. The van der Waals surface area contributed by atoms with Gasteiger partial charge in [0.25, 0.3) is 0 Å². The van der Waals surface area contributed by atoms with Crippen molar-refractivity contribution in [2.24, 2.45) is 4.99 Å². The van der Waals surface area contributed by atoms with Crippen LogP contribution in [-0.4, -0.2) is 29.2 Å². The van der Waals surface area contributed by atoms with Gasteiger partial charge in [-0.05, 0) is 54.4 Å². The van der Waals surface area contributed by atoms with Gasteiger partial charge in [0.15, 0.2) is 0 Å². The van der Waals surface area contributed by atoms with Gasteiger partial charge in [0.2, 0.25) is 5.91 Å². The fourth-order valence-electron chi connectivity index (χ4n) is 4.16. The van der Waals surface area contributed by atoms with Crippen LogP contribution in [0.5, 0.6) is 0 Å². The number of hydrogen-bond acceptors (Lipinski definition) is 5. The number of amides is 1.